The van der Waals surface area contributed by atoms with E-state index in [4.69, 9.17) is 11.6 Å². The van der Waals surface area contributed by atoms with Crippen molar-refractivity contribution in [3.05, 3.63) is 35.2 Å². The molecule has 1 aliphatic rings. The molecule has 19 heavy (non-hydrogen) atoms. The largest absolute Gasteiger partial charge is 0.307 e. The first-order chi connectivity index (χ1) is 9.20. The number of aryl methyl sites for hydroxylation is 2. The summed E-state index contributed by atoms with van der Waals surface area (Å²) in [5.41, 5.74) is 4.10. The second-order valence-electron chi connectivity index (χ2n) is 5.37. The molecule has 0 spiro atoms. The zero-order valence-corrected chi connectivity index (χ0v) is 12.1. The Balaban J connectivity index is 2.09. The van der Waals surface area contributed by atoms with Crippen molar-refractivity contribution < 1.29 is 0 Å². The molecule has 100 valence electrons. The molecule has 3 rings (SSSR count). The maximum atomic E-state index is 5.95. The summed E-state index contributed by atoms with van der Waals surface area (Å²) in [6.07, 6.45) is 3.66. The Kier molecular flexibility index (Phi) is 3.31. The Hall–Kier alpha value is -1.35. The first kappa shape index (κ1) is 12.7. The minimum atomic E-state index is 0.312. The normalized spacial score (nSPS) is 14.1. The topological polar surface area (TPSA) is 30.7 Å². The average Bonchev–Trinajstić information content (AvgIpc) is 3.03. The molecule has 0 N–H and O–H groups in total. The van der Waals surface area contributed by atoms with Gasteiger partial charge < -0.3 is 4.57 Å². The third-order valence-corrected chi connectivity index (χ3v) is 4.00. The van der Waals surface area contributed by atoms with Gasteiger partial charge in [0.1, 0.15) is 5.82 Å². The minimum absolute atomic E-state index is 0.312. The average molecular weight is 276 g/mol. The number of aromatic nitrogens is 3. The highest BCUT2D eigenvalue weighted by Gasteiger charge is 2.18. The van der Waals surface area contributed by atoms with E-state index in [1.165, 1.54) is 30.4 Å². The van der Waals surface area contributed by atoms with Gasteiger partial charge in [0.25, 0.3) is 0 Å². The first-order valence-corrected chi connectivity index (χ1v) is 7.36. The Morgan fingerprint density at radius 2 is 2.00 bits per heavy atom. The van der Waals surface area contributed by atoms with Gasteiger partial charge in [-0.3, -0.25) is 0 Å². The summed E-state index contributed by atoms with van der Waals surface area (Å²) in [6.45, 7) is 4.27. The lowest BCUT2D eigenvalue weighted by atomic mass is 10.1. The molecular formula is C15H18ClN3. The highest BCUT2D eigenvalue weighted by atomic mass is 35.5. The molecule has 3 nitrogen and oxygen atoms in total. The summed E-state index contributed by atoms with van der Waals surface area (Å²) in [5, 5.41) is 8.54. The van der Waals surface area contributed by atoms with E-state index in [0.29, 0.717) is 11.9 Å². The van der Waals surface area contributed by atoms with E-state index < -0.39 is 0 Å². The molecule has 1 aliphatic carbocycles. The quantitative estimate of drug-likeness (QED) is 0.799. The van der Waals surface area contributed by atoms with Gasteiger partial charge in [0.2, 0.25) is 0 Å². The van der Waals surface area contributed by atoms with Gasteiger partial charge in [0.05, 0.1) is 5.88 Å². The van der Waals surface area contributed by atoms with E-state index in [2.05, 4.69) is 46.8 Å². The maximum Gasteiger partial charge on any atom is 0.164 e. The molecule has 4 heteroatoms. The van der Waals surface area contributed by atoms with Crippen molar-refractivity contribution in [3.8, 4) is 11.4 Å². The van der Waals surface area contributed by atoms with Gasteiger partial charge in [-0.1, -0.05) is 12.1 Å². The lowest BCUT2D eigenvalue weighted by Crippen LogP contribution is -2.07. The fourth-order valence-corrected chi connectivity index (χ4v) is 3.05. The van der Waals surface area contributed by atoms with Crippen LogP contribution in [0.25, 0.3) is 11.4 Å². The zero-order chi connectivity index (χ0) is 13.4. The highest BCUT2D eigenvalue weighted by Crippen LogP contribution is 2.29. The predicted molar refractivity (Wildman–Crippen MR) is 77.4 cm³/mol. The standard InChI is InChI=1S/C15H18ClN3/c1-10(2)19-14(9-16)17-18-15(19)13-7-6-11-4-3-5-12(11)8-13/h6-8,10H,3-5,9H2,1-2H3. The number of hydrogen-bond acceptors (Lipinski definition) is 2. The van der Waals surface area contributed by atoms with E-state index in [0.717, 1.165) is 17.2 Å². The summed E-state index contributed by atoms with van der Waals surface area (Å²) < 4.78 is 2.13. The van der Waals surface area contributed by atoms with E-state index in [1.54, 1.807) is 0 Å². The van der Waals surface area contributed by atoms with E-state index in [-0.39, 0.29) is 0 Å². The molecular weight excluding hydrogens is 258 g/mol. The van der Waals surface area contributed by atoms with Crippen LogP contribution in [0.15, 0.2) is 18.2 Å². The summed E-state index contributed by atoms with van der Waals surface area (Å²) in [5.74, 6) is 2.17. The Labute approximate surface area is 118 Å². The zero-order valence-electron chi connectivity index (χ0n) is 11.4. The van der Waals surface area contributed by atoms with Gasteiger partial charge in [0, 0.05) is 11.6 Å². The van der Waals surface area contributed by atoms with Crippen LogP contribution in [-0.2, 0) is 18.7 Å². The van der Waals surface area contributed by atoms with Crippen molar-refractivity contribution in [2.75, 3.05) is 0 Å². The molecule has 0 aliphatic heterocycles. The van der Waals surface area contributed by atoms with E-state index in [9.17, 15) is 0 Å². The van der Waals surface area contributed by atoms with Crippen LogP contribution in [0, 0.1) is 0 Å². The summed E-state index contributed by atoms with van der Waals surface area (Å²) in [6, 6.07) is 6.97. The van der Waals surface area contributed by atoms with Crippen LogP contribution in [0.4, 0.5) is 0 Å². The van der Waals surface area contributed by atoms with Crippen LogP contribution in [0.3, 0.4) is 0 Å². The molecule has 0 fully saturated rings. The second kappa shape index (κ2) is 4.97. The van der Waals surface area contributed by atoms with Gasteiger partial charge in [-0.15, -0.1) is 21.8 Å². The fraction of sp³-hybridized carbons (Fsp3) is 0.467. The summed E-state index contributed by atoms with van der Waals surface area (Å²) in [7, 11) is 0. The SMILES string of the molecule is CC(C)n1c(CCl)nnc1-c1ccc2c(c1)CCC2. The van der Waals surface area contributed by atoms with E-state index in [1.807, 2.05) is 0 Å². The number of nitrogens with zero attached hydrogens (tertiary/aromatic N) is 3. The smallest absolute Gasteiger partial charge is 0.164 e. The van der Waals surface area contributed by atoms with Crippen molar-refractivity contribution in [1.29, 1.82) is 0 Å². The van der Waals surface area contributed by atoms with Gasteiger partial charge in [-0.25, -0.2) is 0 Å². The van der Waals surface area contributed by atoms with Crippen LogP contribution in [0.5, 0.6) is 0 Å². The molecule has 1 aromatic carbocycles. The Morgan fingerprint density at radius 1 is 1.21 bits per heavy atom. The second-order valence-corrected chi connectivity index (χ2v) is 5.64. The monoisotopic (exact) mass is 275 g/mol. The highest BCUT2D eigenvalue weighted by molar-refractivity contribution is 6.16. The van der Waals surface area contributed by atoms with Crippen molar-refractivity contribution in [3.63, 3.8) is 0 Å². The molecule has 0 atom stereocenters. The minimum Gasteiger partial charge on any atom is -0.307 e. The molecule has 0 saturated carbocycles. The fourth-order valence-electron chi connectivity index (χ4n) is 2.87. The van der Waals surface area contributed by atoms with Crippen LogP contribution in [-0.4, -0.2) is 14.8 Å². The van der Waals surface area contributed by atoms with E-state index >= 15 is 0 Å². The third kappa shape index (κ3) is 2.16. The number of hydrogen-bond donors (Lipinski definition) is 0. The van der Waals surface area contributed by atoms with Crippen LogP contribution >= 0.6 is 11.6 Å². The molecule has 0 unspecified atom stereocenters. The molecule has 0 amide bonds. The van der Waals surface area contributed by atoms with Gasteiger partial charge in [-0.2, -0.15) is 0 Å². The molecule has 0 radical (unpaired) electrons. The number of benzene rings is 1. The molecule has 1 aromatic heterocycles. The van der Waals surface area contributed by atoms with Gasteiger partial charge in [0.15, 0.2) is 5.82 Å². The maximum absolute atomic E-state index is 5.95. The number of rotatable bonds is 3. The first-order valence-electron chi connectivity index (χ1n) is 6.82. The molecule has 0 bridgehead atoms. The third-order valence-electron chi connectivity index (χ3n) is 3.76. The summed E-state index contributed by atoms with van der Waals surface area (Å²) in [4.78, 5) is 0. The molecule has 0 saturated heterocycles. The van der Waals surface area contributed by atoms with Crippen molar-refractivity contribution in [2.24, 2.45) is 0 Å². The van der Waals surface area contributed by atoms with Crippen LogP contribution < -0.4 is 0 Å². The van der Waals surface area contributed by atoms with Crippen molar-refractivity contribution in [1.82, 2.24) is 14.8 Å². The predicted octanol–water partition coefficient (Wildman–Crippen LogP) is 3.75. The lowest BCUT2D eigenvalue weighted by molar-refractivity contribution is 0.585. The van der Waals surface area contributed by atoms with Crippen molar-refractivity contribution >= 4 is 11.6 Å². The van der Waals surface area contributed by atoms with Gasteiger partial charge in [-0.05, 0) is 50.3 Å². The lowest BCUT2D eigenvalue weighted by Gasteiger charge is -2.13. The molecule has 2 aromatic rings. The van der Waals surface area contributed by atoms with Crippen LogP contribution in [0.1, 0.15) is 43.3 Å². The van der Waals surface area contributed by atoms with Crippen molar-refractivity contribution in [2.45, 2.75) is 45.0 Å². The number of fused-ring (bicyclic) bond motifs is 1. The summed E-state index contributed by atoms with van der Waals surface area (Å²) >= 11 is 5.95. The number of halogens is 1. The Bertz CT molecular complexity index is 601. The molecule has 1 heterocycles. The van der Waals surface area contributed by atoms with Gasteiger partial charge >= 0.3 is 0 Å². The van der Waals surface area contributed by atoms with Crippen LogP contribution in [0.2, 0.25) is 0 Å². The number of alkyl halides is 1. The Morgan fingerprint density at radius 3 is 2.74 bits per heavy atom.